The lowest BCUT2D eigenvalue weighted by molar-refractivity contribution is 0.0687. The van der Waals surface area contributed by atoms with E-state index in [0.29, 0.717) is 22.3 Å². The molecule has 1 aliphatic rings. The number of carboxylic acid groups (broad SMARTS) is 1. The molecule has 2 aromatic heterocycles. The zero-order valence-corrected chi connectivity index (χ0v) is 16.7. The Bertz CT molecular complexity index is 1010. The fourth-order valence-electron chi connectivity index (χ4n) is 3.21. The molecule has 0 spiro atoms. The van der Waals surface area contributed by atoms with E-state index in [9.17, 15) is 9.90 Å². The smallest absolute Gasteiger partial charge is 0.354 e. The van der Waals surface area contributed by atoms with Crippen LogP contribution in [0, 0.1) is 0 Å². The maximum absolute atomic E-state index is 11.5. The summed E-state index contributed by atoms with van der Waals surface area (Å²) in [7, 11) is 1.66. The summed E-state index contributed by atoms with van der Waals surface area (Å²) in [5.41, 5.74) is 3.93. The Morgan fingerprint density at radius 3 is 2.93 bits per heavy atom. The summed E-state index contributed by atoms with van der Waals surface area (Å²) >= 11 is 3.29. The van der Waals surface area contributed by atoms with E-state index in [-0.39, 0.29) is 12.3 Å². The molecule has 0 fully saturated rings. The summed E-state index contributed by atoms with van der Waals surface area (Å²) in [6.45, 7) is 4.39. The van der Waals surface area contributed by atoms with Gasteiger partial charge < -0.3 is 14.6 Å². The van der Waals surface area contributed by atoms with E-state index >= 15 is 0 Å². The summed E-state index contributed by atoms with van der Waals surface area (Å²) < 4.78 is 11.8. The standard InChI is InChI=1S/C19H18N2O4S2/c1-9(2)27-13-6-11-15-12(16(19(22)23)21-20-15)7-25-17(11)14(18(13)24-3)10-4-5-26-8-10/h4-6,8-9H,7H2,1-3H3,(H,20,21)(H,22,23). The van der Waals surface area contributed by atoms with Crippen molar-refractivity contribution < 1.29 is 19.4 Å². The van der Waals surface area contributed by atoms with Gasteiger partial charge in [0.25, 0.3) is 0 Å². The average Bonchev–Trinajstić information content (AvgIpc) is 3.29. The molecule has 140 valence electrons. The number of methoxy groups -OCH3 is 1. The first kappa shape index (κ1) is 17.9. The maximum atomic E-state index is 11.5. The van der Waals surface area contributed by atoms with Crippen molar-refractivity contribution in [1.29, 1.82) is 0 Å². The molecule has 0 saturated carbocycles. The van der Waals surface area contributed by atoms with Gasteiger partial charge in [-0.2, -0.15) is 16.4 Å². The first-order chi connectivity index (χ1) is 13.0. The molecule has 0 aliphatic carbocycles. The molecule has 0 unspecified atom stereocenters. The third-order valence-electron chi connectivity index (χ3n) is 4.27. The summed E-state index contributed by atoms with van der Waals surface area (Å²) in [4.78, 5) is 12.4. The van der Waals surface area contributed by atoms with Crippen LogP contribution in [0.15, 0.2) is 27.8 Å². The first-order valence-electron chi connectivity index (χ1n) is 8.39. The number of aromatic nitrogens is 2. The van der Waals surface area contributed by atoms with Crippen molar-refractivity contribution >= 4 is 29.1 Å². The Labute approximate surface area is 164 Å². The largest absolute Gasteiger partial charge is 0.495 e. The Balaban J connectivity index is 2.01. The normalized spacial score (nSPS) is 12.4. The van der Waals surface area contributed by atoms with E-state index < -0.39 is 5.97 Å². The van der Waals surface area contributed by atoms with Crippen LogP contribution in [0.1, 0.15) is 29.9 Å². The van der Waals surface area contributed by atoms with Crippen molar-refractivity contribution in [2.45, 2.75) is 30.6 Å². The molecule has 0 bridgehead atoms. The fourth-order valence-corrected chi connectivity index (χ4v) is 4.84. The number of nitrogens with zero attached hydrogens (tertiary/aromatic N) is 1. The van der Waals surface area contributed by atoms with Gasteiger partial charge in [0.15, 0.2) is 5.69 Å². The van der Waals surface area contributed by atoms with Crippen molar-refractivity contribution in [1.82, 2.24) is 10.2 Å². The lowest BCUT2D eigenvalue weighted by Gasteiger charge is -2.24. The fraction of sp³-hybridized carbons (Fsp3) is 0.263. The van der Waals surface area contributed by atoms with Gasteiger partial charge in [0, 0.05) is 10.8 Å². The topological polar surface area (TPSA) is 84.4 Å². The second-order valence-electron chi connectivity index (χ2n) is 6.36. The van der Waals surface area contributed by atoms with Gasteiger partial charge >= 0.3 is 5.97 Å². The first-order valence-corrected chi connectivity index (χ1v) is 10.2. The number of hydrogen-bond acceptors (Lipinski definition) is 6. The molecule has 0 amide bonds. The van der Waals surface area contributed by atoms with E-state index in [1.807, 2.05) is 22.9 Å². The van der Waals surface area contributed by atoms with Crippen LogP contribution in [0.5, 0.6) is 11.5 Å². The summed E-state index contributed by atoms with van der Waals surface area (Å²) in [6, 6.07) is 4.01. The summed E-state index contributed by atoms with van der Waals surface area (Å²) in [5.74, 6) is 0.400. The number of thiophene rings is 1. The molecule has 0 saturated heterocycles. The highest BCUT2D eigenvalue weighted by molar-refractivity contribution is 8.00. The van der Waals surface area contributed by atoms with Crippen LogP contribution in [-0.2, 0) is 6.61 Å². The molecular formula is C19H18N2O4S2. The molecule has 6 nitrogen and oxygen atoms in total. The third kappa shape index (κ3) is 2.98. The Morgan fingerprint density at radius 2 is 2.30 bits per heavy atom. The second kappa shape index (κ2) is 6.94. The Hall–Kier alpha value is -2.45. The maximum Gasteiger partial charge on any atom is 0.354 e. The number of carbonyl (C=O) groups is 1. The highest BCUT2D eigenvalue weighted by Gasteiger charge is 2.31. The van der Waals surface area contributed by atoms with Gasteiger partial charge in [0.2, 0.25) is 0 Å². The molecule has 3 heterocycles. The van der Waals surface area contributed by atoms with Crippen LogP contribution in [-0.4, -0.2) is 33.6 Å². The number of fused-ring (bicyclic) bond motifs is 3. The van der Waals surface area contributed by atoms with Crippen LogP contribution in [0.3, 0.4) is 0 Å². The lowest BCUT2D eigenvalue weighted by Crippen LogP contribution is -2.10. The van der Waals surface area contributed by atoms with Gasteiger partial charge in [0.05, 0.1) is 23.1 Å². The molecule has 3 aromatic rings. The molecule has 27 heavy (non-hydrogen) atoms. The number of carboxylic acids is 1. The average molecular weight is 402 g/mol. The number of aromatic carboxylic acids is 1. The van der Waals surface area contributed by atoms with E-state index in [0.717, 1.165) is 27.3 Å². The predicted molar refractivity (Wildman–Crippen MR) is 106 cm³/mol. The van der Waals surface area contributed by atoms with Crippen LogP contribution >= 0.6 is 23.1 Å². The van der Waals surface area contributed by atoms with Gasteiger partial charge in [-0.05, 0) is 28.5 Å². The highest BCUT2D eigenvalue weighted by Crippen LogP contribution is 2.52. The number of rotatable bonds is 5. The molecule has 4 rings (SSSR count). The zero-order chi connectivity index (χ0) is 19.1. The van der Waals surface area contributed by atoms with Crippen molar-refractivity contribution in [3.05, 3.63) is 34.2 Å². The van der Waals surface area contributed by atoms with Gasteiger partial charge in [-0.25, -0.2) is 4.79 Å². The van der Waals surface area contributed by atoms with Crippen molar-refractivity contribution in [3.8, 4) is 33.9 Å². The van der Waals surface area contributed by atoms with E-state index in [1.54, 1.807) is 30.2 Å². The van der Waals surface area contributed by atoms with Crippen molar-refractivity contribution in [2.24, 2.45) is 0 Å². The van der Waals surface area contributed by atoms with Gasteiger partial charge in [-0.15, -0.1) is 11.8 Å². The quantitative estimate of drug-likeness (QED) is 0.590. The minimum atomic E-state index is -1.04. The minimum Gasteiger partial charge on any atom is -0.495 e. The molecule has 0 radical (unpaired) electrons. The monoisotopic (exact) mass is 402 g/mol. The van der Waals surface area contributed by atoms with E-state index in [4.69, 9.17) is 9.47 Å². The Morgan fingerprint density at radius 1 is 1.48 bits per heavy atom. The SMILES string of the molecule is COc1c(SC(C)C)cc2c(c1-c1ccsc1)OCc1c-2n[nH]c1C(=O)O. The molecule has 1 aliphatic heterocycles. The van der Waals surface area contributed by atoms with E-state index in [2.05, 4.69) is 24.0 Å². The lowest BCUT2D eigenvalue weighted by atomic mass is 9.96. The van der Waals surface area contributed by atoms with Crippen LogP contribution in [0.4, 0.5) is 0 Å². The minimum absolute atomic E-state index is 0.0709. The van der Waals surface area contributed by atoms with Crippen LogP contribution < -0.4 is 9.47 Å². The van der Waals surface area contributed by atoms with Crippen molar-refractivity contribution in [2.75, 3.05) is 7.11 Å². The highest BCUT2D eigenvalue weighted by atomic mass is 32.2. The van der Waals surface area contributed by atoms with E-state index in [1.165, 1.54) is 0 Å². The number of hydrogen-bond donors (Lipinski definition) is 2. The number of benzene rings is 1. The van der Waals surface area contributed by atoms with Gasteiger partial charge in [0.1, 0.15) is 23.8 Å². The summed E-state index contributed by atoms with van der Waals surface area (Å²) in [6.07, 6.45) is 0. The second-order valence-corrected chi connectivity index (χ2v) is 8.76. The third-order valence-corrected chi connectivity index (χ3v) is 5.98. The molecule has 1 aromatic carbocycles. The molecule has 0 atom stereocenters. The molecule has 2 N–H and O–H groups in total. The van der Waals surface area contributed by atoms with Crippen LogP contribution in [0.25, 0.3) is 22.4 Å². The van der Waals surface area contributed by atoms with Crippen LogP contribution in [0.2, 0.25) is 0 Å². The number of nitrogens with one attached hydrogen (secondary N) is 1. The number of aromatic amines is 1. The predicted octanol–water partition coefficient (Wildman–Crippen LogP) is 4.90. The summed E-state index contributed by atoms with van der Waals surface area (Å²) in [5, 5.41) is 20.7. The van der Waals surface area contributed by atoms with Gasteiger partial charge in [-0.3, -0.25) is 5.10 Å². The zero-order valence-electron chi connectivity index (χ0n) is 15.0. The molecular weight excluding hydrogens is 384 g/mol. The van der Waals surface area contributed by atoms with Gasteiger partial charge in [-0.1, -0.05) is 13.8 Å². The van der Waals surface area contributed by atoms with Crippen molar-refractivity contribution in [3.63, 3.8) is 0 Å². The number of H-pyrrole nitrogens is 1. The number of ether oxygens (including phenoxy) is 2. The Kier molecular flexibility index (Phi) is 4.61. The molecule has 8 heteroatoms. The number of thioether (sulfide) groups is 1.